The fourth-order valence-corrected chi connectivity index (χ4v) is 3.37. The van der Waals surface area contributed by atoms with E-state index in [-0.39, 0.29) is 34.1 Å². The Kier molecular flexibility index (Phi) is 10.9. The van der Waals surface area contributed by atoms with Gasteiger partial charge >= 0.3 is 17.1 Å². The normalized spacial score (nSPS) is 15.2. The summed E-state index contributed by atoms with van der Waals surface area (Å²) < 4.78 is 3.30. The molecule has 0 saturated carbocycles. The van der Waals surface area contributed by atoms with E-state index in [1.807, 2.05) is 0 Å². The Bertz CT molecular complexity index is 590. The number of aromatic nitrogens is 3. The lowest BCUT2D eigenvalue weighted by Gasteiger charge is -2.17. The largest absolute Gasteiger partial charge is 0.336 e. The van der Waals surface area contributed by atoms with Crippen LogP contribution in [-0.4, -0.2) is 44.2 Å². The molecule has 6 nitrogen and oxygen atoms in total. The van der Waals surface area contributed by atoms with Crippen LogP contribution in [-0.2, 0) is 19.6 Å². The van der Waals surface area contributed by atoms with Crippen LogP contribution in [0.1, 0.15) is 0 Å². The Morgan fingerprint density at radius 3 is 0.958 bits per heavy atom. The van der Waals surface area contributed by atoms with E-state index >= 15 is 0 Å². The maximum absolute atomic E-state index is 12.6. The zero-order valence-corrected chi connectivity index (χ0v) is 21.8. The highest BCUT2D eigenvalue weighted by Gasteiger charge is 2.20. The van der Waals surface area contributed by atoms with E-state index in [2.05, 4.69) is 95.6 Å². The second-order valence-corrected chi connectivity index (χ2v) is 10.8. The van der Waals surface area contributed by atoms with Crippen LogP contribution in [0.2, 0.25) is 0 Å². The molecule has 0 aliphatic rings. The summed E-state index contributed by atoms with van der Waals surface area (Å²) in [6, 6.07) is 0. The van der Waals surface area contributed by atoms with Gasteiger partial charge in [0.15, 0.2) is 0 Å². The third-order valence-corrected chi connectivity index (χ3v) is 9.82. The molecule has 0 aliphatic carbocycles. The monoisotopic (exact) mass is 723 g/mol. The second-order valence-electron chi connectivity index (χ2n) is 4.93. The smallest absolute Gasteiger partial charge is 0.247 e. The molecule has 1 heterocycles. The van der Waals surface area contributed by atoms with Crippen molar-refractivity contribution in [1.29, 1.82) is 0 Å². The van der Waals surface area contributed by atoms with Crippen LogP contribution >= 0.6 is 95.6 Å². The number of rotatable bonds is 9. The van der Waals surface area contributed by atoms with Gasteiger partial charge in [0.1, 0.15) is 0 Å². The van der Waals surface area contributed by atoms with Gasteiger partial charge in [0.05, 0.1) is 0 Å². The van der Waals surface area contributed by atoms with Crippen molar-refractivity contribution in [3.8, 4) is 0 Å². The maximum Gasteiger partial charge on any atom is 0.336 e. The van der Waals surface area contributed by atoms with Crippen LogP contribution < -0.4 is 17.1 Å². The molecular weight excluding hydrogens is 714 g/mol. The van der Waals surface area contributed by atoms with Crippen molar-refractivity contribution < 1.29 is 0 Å². The van der Waals surface area contributed by atoms with Crippen LogP contribution in [0.4, 0.5) is 0 Å². The van der Waals surface area contributed by atoms with Gasteiger partial charge in [-0.05, 0) is 0 Å². The molecule has 12 heteroatoms. The summed E-state index contributed by atoms with van der Waals surface area (Å²) in [5.41, 5.74) is -1.79. The fraction of sp³-hybridized carbons (Fsp3) is 0.750. The molecule has 0 unspecified atom stereocenters. The minimum Gasteiger partial charge on any atom is -0.247 e. The first-order valence-corrected chi connectivity index (χ1v) is 12.9. The maximum atomic E-state index is 12.6. The van der Waals surface area contributed by atoms with Crippen LogP contribution in [0.3, 0.4) is 0 Å². The number of nitrogens with zero attached hydrogens (tertiary/aromatic N) is 3. The van der Waals surface area contributed by atoms with Gasteiger partial charge in [-0.25, -0.2) is 28.1 Å². The van der Waals surface area contributed by atoms with E-state index < -0.39 is 17.1 Å². The zero-order chi connectivity index (χ0) is 18.4. The molecule has 0 fully saturated rings. The van der Waals surface area contributed by atoms with Gasteiger partial charge < -0.3 is 0 Å². The molecule has 0 saturated heterocycles. The topological polar surface area (TPSA) is 66.0 Å². The minimum atomic E-state index is -0.595. The third kappa shape index (κ3) is 6.17. The predicted molar refractivity (Wildman–Crippen MR) is 119 cm³/mol. The number of halogens is 6. The molecule has 138 valence electrons. The summed E-state index contributed by atoms with van der Waals surface area (Å²) in [5, 5.41) is 1.72. The van der Waals surface area contributed by atoms with Crippen molar-refractivity contribution >= 4 is 95.6 Å². The van der Waals surface area contributed by atoms with E-state index in [1.165, 1.54) is 0 Å². The van der Waals surface area contributed by atoms with E-state index in [9.17, 15) is 14.4 Å². The first kappa shape index (κ1) is 23.3. The number of hydrogen-bond acceptors (Lipinski definition) is 3. The summed E-state index contributed by atoms with van der Waals surface area (Å²) in [5.74, 6) is 0. The average Bonchev–Trinajstić information content (AvgIpc) is 2.58. The molecular formula is C12H15Br6N3O3. The lowest BCUT2D eigenvalue weighted by molar-refractivity contribution is 0.449. The van der Waals surface area contributed by atoms with Crippen molar-refractivity contribution in [3.63, 3.8) is 0 Å². The van der Waals surface area contributed by atoms with Crippen LogP contribution in [0.25, 0.3) is 0 Å². The Morgan fingerprint density at radius 1 is 0.583 bits per heavy atom. The average molecular weight is 729 g/mol. The van der Waals surface area contributed by atoms with Crippen LogP contribution in [0.15, 0.2) is 14.4 Å². The van der Waals surface area contributed by atoms with E-state index in [0.29, 0.717) is 16.0 Å². The molecule has 0 aromatic carbocycles. The van der Waals surface area contributed by atoms with E-state index in [0.717, 1.165) is 13.7 Å². The SMILES string of the molecule is O=c1n(C[C@H](Br)CBr)c(=O)n(C[C@H](Br)CBr)c(=O)n1C[C@H](Br)CBr. The summed E-state index contributed by atoms with van der Waals surface area (Å²) >= 11 is 20.1. The standard InChI is InChI=1S/C12H15Br6N3O3/c13-1-7(16)4-19-10(22)20(5-8(17)2-14)12(24)21(11(19)23)6-9(18)3-15/h7-9H,1-6H2/t7-,8-,9-/m1/s1. The van der Waals surface area contributed by atoms with Crippen LogP contribution in [0.5, 0.6) is 0 Å². The molecule has 1 aromatic heterocycles. The Balaban J connectivity index is 3.55. The molecule has 0 spiro atoms. The Morgan fingerprint density at radius 2 is 0.792 bits per heavy atom. The van der Waals surface area contributed by atoms with Crippen LogP contribution in [0, 0.1) is 0 Å². The van der Waals surface area contributed by atoms with Gasteiger partial charge in [0, 0.05) is 50.1 Å². The van der Waals surface area contributed by atoms with Gasteiger partial charge in [-0.2, -0.15) is 0 Å². The molecule has 0 bridgehead atoms. The van der Waals surface area contributed by atoms with Crippen molar-refractivity contribution in [2.24, 2.45) is 0 Å². The minimum absolute atomic E-state index is 0.103. The summed E-state index contributed by atoms with van der Waals surface area (Å²) in [6.45, 7) is 0.517. The van der Waals surface area contributed by atoms with E-state index in [1.54, 1.807) is 0 Å². The predicted octanol–water partition coefficient (Wildman–Crippen LogP) is 2.65. The quantitative estimate of drug-likeness (QED) is 0.368. The zero-order valence-electron chi connectivity index (χ0n) is 12.3. The van der Waals surface area contributed by atoms with Gasteiger partial charge in [0.25, 0.3) is 0 Å². The molecule has 0 radical (unpaired) electrons. The second kappa shape index (κ2) is 11.2. The molecule has 0 amide bonds. The summed E-state index contributed by atoms with van der Waals surface area (Å²) in [7, 11) is 0. The Hall–Kier alpha value is 1.29. The highest BCUT2D eigenvalue weighted by Crippen LogP contribution is 2.07. The van der Waals surface area contributed by atoms with E-state index in [4.69, 9.17) is 0 Å². The lowest BCUT2D eigenvalue weighted by Crippen LogP contribution is -2.56. The van der Waals surface area contributed by atoms with Gasteiger partial charge in [-0.3, -0.25) is 0 Å². The number of alkyl halides is 6. The highest BCUT2D eigenvalue weighted by atomic mass is 79.9. The first-order chi connectivity index (χ1) is 11.3. The summed E-state index contributed by atoms with van der Waals surface area (Å²) in [4.78, 5) is 37.6. The molecule has 1 rings (SSSR count). The Labute approximate surface area is 189 Å². The van der Waals surface area contributed by atoms with Gasteiger partial charge in [-0.15, -0.1) is 0 Å². The molecule has 3 atom stereocenters. The molecule has 1 aromatic rings. The molecule has 24 heavy (non-hydrogen) atoms. The van der Waals surface area contributed by atoms with Gasteiger partial charge in [0.2, 0.25) is 0 Å². The van der Waals surface area contributed by atoms with Crippen molar-refractivity contribution in [3.05, 3.63) is 31.5 Å². The molecule has 0 N–H and O–H groups in total. The first-order valence-electron chi connectivity index (χ1n) is 6.81. The van der Waals surface area contributed by atoms with Crippen molar-refractivity contribution in [2.45, 2.75) is 34.1 Å². The molecule has 0 aliphatic heterocycles. The lowest BCUT2D eigenvalue weighted by atomic mass is 10.4. The summed E-state index contributed by atoms with van der Waals surface area (Å²) in [6.07, 6.45) is 0. The van der Waals surface area contributed by atoms with Crippen molar-refractivity contribution in [1.82, 2.24) is 13.7 Å². The van der Waals surface area contributed by atoms with Gasteiger partial charge in [-0.1, -0.05) is 95.6 Å². The fourth-order valence-electron chi connectivity index (χ4n) is 1.89. The van der Waals surface area contributed by atoms with Crippen molar-refractivity contribution in [2.75, 3.05) is 16.0 Å². The number of hydrogen-bond donors (Lipinski definition) is 0. The third-order valence-electron chi connectivity index (χ3n) is 3.03. The highest BCUT2D eigenvalue weighted by molar-refractivity contribution is 9.12.